The molecule has 26 heavy (non-hydrogen) atoms. The molecule has 0 amide bonds. The van der Waals surface area contributed by atoms with E-state index < -0.39 is 0 Å². The summed E-state index contributed by atoms with van der Waals surface area (Å²) in [5.74, 6) is 0.905. The molecule has 1 saturated carbocycles. The topological polar surface area (TPSA) is 63.9 Å². The van der Waals surface area contributed by atoms with Gasteiger partial charge in [0.1, 0.15) is 11.3 Å². The molecule has 1 aliphatic carbocycles. The number of nitrogens with two attached hydrogens (primary N) is 1. The number of aromatic amines is 1. The zero-order chi connectivity index (χ0) is 17.9. The van der Waals surface area contributed by atoms with E-state index in [4.69, 9.17) is 10.5 Å². The van der Waals surface area contributed by atoms with Gasteiger partial charge in [-0.1, -0.05) is 38.2 Å². The van der Waals surface area contributed by atoms with Gasteiger partial charge >= 0.3 is 0 Å². The van der Waals surface area contributed by atoms with Gasteiger partial charge in [-0.25, -0.2) is 9.37 Å². The van der Waals surface area contributed by atoms with Crippen molar-refractivity contribution in [3.63, 3.8) is 0 Å². The van der Waals surface area contributed by atoms with Crippen LogP contribution in [0.4, 0.5) is 4.39 Å². The molecule has 1 atom stereocenters. The van der Waals surface area contributed by atoms with E-state index in [-0.39, 0.29) is 11.9 Å². The summed E-state index contributed by atoms with van der Waals surface area (Å²) >= 11 is 0. The van der Waals surface area contributed by atoms with Crippen molar-refractivity contribution in [2.24, 2.45) is 11.7 Å². The summed E-state index contributed by atoms with van der Waals surface area (Å²) in [6, 6.07) is 3.62. The Labute approximate surface area is 154 Å². The molecule has 0 bridgehead atoms. The van der Waals surface area contributed by atoms with Crippen molar-refractivity contribution in [2.45, 2.75) is 57.4 Å². The maximum Gasteiger partial charge on any atom is 0.158 e. The fourth-order valence-electron chi connectivity index (χ4n) is 4.31. The van der Waals surface area contributed by atoms with Crippen molar-refractivity contribution in [3.05, 3.63) is 35.4 Å². The quantitative estimate of drug-likeness (QED) is 0.824. The summed E-state index contributed by atoms with van der Waals surface area (Å²) in [4.78, 5) is 7.86. The Hall–Kier alpha value is -1.72. The van der Waals surface area contributed by atoms with Crippen molar-refractivity contribution in [1.82, 2.24) is 9.97 Å². The van der Waals surface area contributed by atoms with Crippen LogP contribution in [0, 0.1) is 11.7 Å². The number of ether oxygens (including phenoxy) is 1. The molecule has 0 radical (unpaired) electrons. The molecular formula is C21H28FN3O. The molecule has 1 aromatic heterocycles. The molecule has 0 saturated heterocycles. The molecule has 4 nitrogen and oxygen atoms in total. The maximum atomic E-state index is 15.1. The minimum atomic E-state index is -0.247. The number of halogens is 1. The second kappa shape index (κ2) is 7.89. The zero-order valence-corrected chi connectivity index (χ0v) is 15.3. The second-order valence-corrected chi connectivity index (χ2v) is 7.63. The maximum absolute atomic E-state index is 15.1. The van der Waals surface area contributed by atoms with Crippen LogP contribution in [0.5, 0.6) is 0 Å². The van der Waals surface area contributed by atoms with E-state index in [1.54, 1.807) is 0 Å². The summed E-state index contributed by atoms with van der Waals surface area (Å²) in [6.07, 6.45) is 11.4. The third kappa shape index (κ3) is 3.55. The summed E-state index contributed by atoms with van der Waals surface area (Å²) in [5, 5.41) is 0. The fraction of sp³-hybridized carbons (Fsp3) is 0.571. The number of nitrogens with one attached hydrogen (secondary N) is 1. The van der Waals surface area contributed by atoms with Gasteiger partial charge in [-0.2, -0.15) is 0 Å². The lowest BCUT2D eigenvalue weighted by atomic mass is 9.86. The molecule has 1 aromatic carbocycles. The Morgan fingerprint density at radius 2 is 1.92 bits per heavy atom. The van der Waals surface area contributed by atoms with Crippen LogP contribution in [0.15, 0.2) is 18.2 Å². The van der Waals surface area contributed by atoms with E-state index in [1.165, 1.54) is 32.1 Å². The average molecular weight is 357 g/mol. The first-order chi connectivity index (χ1) is 12.7. The van der Waals surface area contributed by atoms with Crippen LogP contribution in [0.25, 0.3) is 16.6 Å². The standard InChI is InChI=1S/C21H28FN3O/c22-18-16(14-10-12-26-13-11-14)8-9-17-20(18)25-21(24-17)19(23)15-6-4-2-1-3-5-7-15/h8-10,15,19H,1-7,11-13,23H2,(H,24,25). The molecule has 0 spiro atoms. The first kappa shape index (κ1) is 17.7. The van der Waals surface area contributed by atoms with Crippen molar-refractivity contribution < 1.29 is 9.13 Å². The third-order valence-corrected chi connectivity index (χ3v) is 5.89. The molecule has 1 fully saturated rings. The Kier molecular flexibility index (Phi) is 5.36. The lowest BCUT2D eigenvalue weighted by molar-refractivity contribution is 0.161. The van der Waals surface area contributed by atoms with Gasteiger partial charge in [0.2, 0.25) is 0 Å². The summed E-state index contributed by atoms with van der Waals surface area (Å²) in [5.41, 5.74) is 9.32. The Morgan fingerprint density at radius 1 is 1.15 bits per heavy atom. The monoisotopic (exact) mass is 357 g/mol. The summed E-state index contributed by atoms with van der Waals surface area (Å²) in [7, 11) is 0. The highest BCUT2D eigenvalue weighted by Gasteiger charge is 2.24. The van der Waals surface area contributed by atoms with E-state index in [2.05, 4.69) is 9.97 Å². The minimum absolute atomic E-state index is 0.148. The van der Waals surface area contributed by atoms with Crippen molar-refractivity contribution in [2.75, 3.05) is 13.2 Å². The highest BCUT2D eigenvalue weighted by molar-refractivity contribution is 5.82. The van der Waals surface area contributed by atoms with Gasteiger partial charge < -0.3 is 15.5 Å². The van der Waals surface area contributed by atoms with Crippen molar-refractivity contribution >= 4 is 16.6 Å². The first-order valence-corrected chi connectivity index (χ1v) is 9.95. The molecular weight excluding hydrogens is 329 g/mol. The number of hydrogen-bond donors (Lipinski definition) is 2. The molecule has 1 aliphatic heterocycles. The average Bonchev–Trinajstić information content (AvgIpc) is 3.07. The third-order valence-electron chi connectivity index (χ3n) is 5.89. The van der Waals surface area contributed by atoms with Gasteiger partial charge in [0.25, 0.3) is 0 Å². The van der Waals surface area contributed by atoms with E-state index >= 15 is 4.39 Å². The summed E-state index contributed by atoms with van der Waals surface area (Å²) in [6.45, 7) is 1.19. The highest BCUT2D eigenvalue weighted by atomic mass is 19.1. The van der Waals surface area contributed by atoms with E-state index in [0.717, 1.165) is 36.2 Å². The van der Waals surface area contributed by atoms with Crippen LogP contribution in [0.2, 0.25) is 0 Å². The number of imidazole rings is 1. The number of rotatable bonds is 3. The lowest BCUT2D eigenvalue weighted by Gasteiger charge is -2.24. The number of aromatic nitrogens is 2. The number of benzene rings is 1. The highest BCUT2D eigenvalue weighted by Crippen LogP contribution is 2.33. The number of fused-ring (bicyclic) bond motifs is 1. The molecule has 3 N–H and O–H groups in total. The summed E-state index contributed by atoms with van der Waals surface area (Å²) < 4.78 is 20.4. The first-order valence-electron chi connectivity index (χ1n) is 9.95. The van der Waals surface area contributed by atoms with E-state index in [1.807, 2.05) is 18.2 Å². The molecule has 140 valence electrons. The fourth-order valence-corrected chi connectivity index (χ4v) is 4.31. The molecule has 2 aliphatic rings. The second-order valence-electron chi connectivity index (χ2n) is 7.63. The van der Waals surface area contributed by atoms with Crippen molar-refractivity contribution in [3.8, 4) is 0 Å². The van der Waals surface area contributed by atoms with Crippen molar-refractivity contribution in [1.29, 1.82) is 0 Å². The van der Waals surface area contributed by atoms with Crippen LogP contribution in [-0.4, -0.2) is 23.2 Å². The number of hydrogen-bond acceptors (Lipinski definition) is 3. The Balaban J connectivity index is 1.62. The van der Waals surface area contributed by atoms with Gasteiger partial charge in [0.05, 0.1) is 24.8 Å². The van der Waals surface area contributed by atoms with Gasteiger partial charge in [-0.3, -0.25) is 0 Å². The molecule has 4 rings (SSSR count). The molecule has 2 heterocycles. The zero-order valence-electron chi connectivity index (χ0n) is 15.3. The van der Waals surface area contributed by atoms with Crippen LogP contribution in [0.1, 0.15) is 68.8 Å². The van der Waals surface area contributed by atoms with Gasteiger partial charge in [-0.15, -0.1) is 0 Å². The predicted molar refractivity (Wildman–Crippen MR) is 102 cm³/mol. The minimum Gasteiger partial charge on any atom is -0.377 e. The van der Waals surface area contributed by atoms with Crippen LogP contribution < -0.4 is 5.73 Å². The normalized spacial score (nSPS) is 21.2. The molecule has 2 aromatic rings. The molecule has 1 unspecified atom stereocenters. The smallest absolute Gasteiger partial charge is 0.158 e. The Bertz CT molecular complexity index is 790. The van der Waals surface area contributed by atoms with Gasteiger partial charge in [0.15, 0.2) is 5.82 Å². The lowest BCUT2D eigenvalue weighted by Crippen LogP contribution is -2.23. The van der Waals surface area contributed by atoms with E-state index in [0.29, 0.717) is 30.2 Å². The van der Waals surface area contributed by atoms with Crippen LogP contribution in [0.3, 0.4) is 0 Å². The van der Waals surface area contributed by atoms with Crippen LogP contribution >= 0.6 is 0 Å². The number of nitrogens with zero attached hydrogens (tertiary/aromatic N) is 1. The van der Waals surface area contributed by atoms with E-state index in [9.17, 15) is 0 Å². The van der Waals surface area contributed by atoms with Gasteiger partial charge in [0, 0.05) is 5.56 Å². The Morgan fingerprint density at radius 3 is 2.65 bits per heavy atom. The SMILES string of the molecule is NC(c1nc2c(F)c(C3=CCOCC3)ccc2[nH]1)C1CCCCCCC1. The number of H-pyrrole nitrogens is 1. The van der Waals surface area contributed by atoms with Crippen LogP contribution in [-0.2, 0) is 4.74 Å². The van der Waals surface area contributed by atoms with Gasteiger partial charge in [-0.05, 0) is 42.9 Å². The predicted octanol–water partition coefficient (Wildman–Crippen LogP) is 4.87. The largest absolute Gasteiger partial charge is 0.377 e. The molecule has 5 heteroatoms.